The number of fused-ring (bicyclic) bond motifs is 1. The number of carbonyl (C=O) groups excluding carboxylic acids is 2. The van der Waals surface area contributed by atoms with Gasteiger partial charge < -0.3 is 9.80 Å². The highest BCUT2D eigenvalue weighted by Crippen LogP contribution is 2.36. The van der Waals surface area contributed by atoms with Crippen LogP contribution >= 0.6 is 11.3 Å². The van der Waals surface area contributed by atoms with E-state index in [1.807, 2.05) is 4.90 Å². The number of halogens is 2. The van der Waals surface area contributed by atoms with Gasteiger partial charge in [0.25, 0.3) is 0 Å². The zero-order chi connectivity index (χ0) is 24.7. The zero-order valence-electron chi connectivity index (χ0n) is 19.9. The predicted molar refractivity (Wildman–Crippen MR) is 132 cm³/mol. The number of carbonyl (C=O) groups is 2. The first kappa shape index (κ1) is 23.8. The molecular formula is C26H28F2N4O2S. The Balaban J connectivity index is 1.18. The molecule has 184 valence electrons. The molecule has 0 bridgehead atoms. The van der Waals surface area contributed by atoms with Gasteiger partial charge in [0.15, 0.2) is 5.78 Å². The van der Waals surface area contributed by atoms with Crippen LogP contribution < -0.4 is 4.90 Å². The second-order valence-electron chi connectivity index (χ2n) is 9.51. The molecule has 2 aromatic heterocycles. The minimum atomic E-state index is -0.699. The van der Waals surface area contributed by atoms with Gasteiger partial charge in [0.05, 0.1) is 10.9 Å². The summed E-state index contributed by atoms with van der Waals surface area (Å²) < 4.78 is 27.5. The summed E-state index contributed by atoms with van der Waals surface area (Å²) in [7, 11) is 0. The van der Waals surface area contributed by atoms with Crippen molar-refractivity contribution in [2.75, 3.05) is 31.1 Å². The molecule has 3 aromatic rings. The number of piperidine rings is 2. The number of benzene rings is 1. The Bertz CT molecular complexity index is 1280. The largest absolute Gasteiger partial charge is 0.356 e. The maximum atomic E-state index is 14.0. The van der Waals surface area contributed by atoms with Crippen molar-refractivity contribution in [2.45, 2.75) is 39.5 Å². The molecule has 0 radical (unpaired) electrons. The lowest BCUT2D eigenvalue weighted by Gasteiger charge is -2.37. The standard InChI is InChI=1S/C26H28F2N4O2S/c1-15-16(2)35-25-22(15)24(29-14-30-25)31-9-7-18(8-10-31)26(34)32-11-5-17(6-12-32)23(33)20-13-19(27)3-4-21(20)28/h3-4,13-14,17-18H,5-12H2,1-2H3. The molecule has 2 fully saturated rings. The van der Waals surface area contributed by atoms with Gasteiger partial charge in [-0.3, -0.25) is 9.59 Å². The molecule has 0 N–H and O–H groups in total. The molecule has 4 heterocycles. The summed E-state index contributed by atoms with van der Waals surface area (Å²) in [4.78, 5) is 41.2. The van der Waals surface area contributed by atoms with Gasteiger partial charge in [-0.25, -0.2) is 18.7 Å². The van der Waals surface area contributed by atoms with E-state index in [1.165, 1.54) is 10.4 Å². The number of aromatic nitrogens is 2. The van der Waals surface area contributed by atoms with Gasteiger partial charge in [-0.05, 0) is 63.3 Å². The Morgan fingerprint density at radius 3 is 2.37 bits per heavy atom. The van der Waals surface area contributed by atoms with E-state index in [0.717, 1.165) is 60.2 Å². The van der Waals surface area contributed by atoms with Crippen molar-refractivity contribution in [3.05, 3.63) is 52.2 Å². The molecule has 0 spiro atoms. The molecule has 35 heavy (non-hydrogen) atoms. The van der Waals surface area contributed by atoms with Gasteiger partial charge >= 0.3 is 0 Å². The first-order chi connectivity index (χ1) is 16.8. The monoisotopic (exact) mass is 498 g/mol. The predicted octanol–water partition coefficient (Wildman–Crippen LogP) is 4.92. The minimum absolute atomic E-state index is 0.0539. The summed E-state index contributed by atoms with van der Waals surface area (Å²) in [5, 5.41) is 1.11. The van der Waals surface area contributed by atoms with Crippen LogP contribution in [0.3, 0.4) is 0 Å². The highest BCUT2D eigenvalue weighted by Gasteiger charge is 2.34. The van der Waals surface area contributed by atoms with Crippen LogP contribution in [0.2, 0.25) is 0 Å². The van der Waals surface area contributed by atoms with Crippen LogP contribution in [0.15, 0.2) is 24.5 Å². The molecule has 9 heteroatoms. The van der Waals surface area contributed by atoms with Crippen molar-refractivity contribution in [1.29, 1.82) is 0 Å². The maximum Gasteiger partial charge on any atom is 0.225 e. The molecule has 1 amide bonds. The van der Waals surface area contributed by atoms with Gasteiger partial charge in [-0.1, -0.05) is 0 Å². The fraction of sp³-hybridized carbons (Fsp3) is 0.462. The van der Waals surface area contributed by atoms with Gasteiger partial charge in [-0.15, -0.1) is 11.3 Å². The Hall–Kier alpha value is -2.94. The Kier molecular flexibility index (Phi) is 6.53. The first-order valence-electron chi connectivity index (χ1n) is 12.1. The number of hydrogen-bond donors (Lipinski definition) is 0. The lowest BCUT2D eigenvalue weighted by Crippen LogP contribution is -2.46. The quantitative estimate of drug-likeness (QED) is 0.478. The van der Waals surface area contributed by atoms with Crippen LogP contribution in [0.4, 0.5) is 14.6 Å². The van der Waals surface area contributed by atoms with Crippen LogP contribution in [0.1, 0.15) is 46.5 Å². The highest BCUT2D eigenvalue weighted by molar-refractivity contribution is 7.18. The number of thiophene rings is 1. The van der Waals surface area contributed by atoms with Crippen LogP contribution in [-0.4, -0.2) is 52.7 Å². The third-order valence-corrected chi connectivity index (χ3v) is 8.58. The topological polar surface area (TPSA) is 66.4 Å². The van der Waals surface area contributed by atoms with Crippen LogP contribution in [0, 0.1) is 37.3 Å². The number of anilines is 1. The average molecular weight is 499 g/mol. The molecule has 0 saturated carbocycles. The van der Waals surface area contributed by atoms with Crippen molar-refractivity contribution in [2.24, 2.45) is 11.8 Å². The molecular weight excluding hydrogens is 470 g/mol. The second-order valence-corrected chi connectivity index (χ2v) is 10.7. The van der Waals surface area contributed by atoms with Gasteiger partial charge in [0.2, 0.25) is 5.91 Å². The second kappa shape index (κ2) is 9.60. The molecule has 6 nitrogen and oxygen atoms in total. The Morgan fingerprint density at radius 1 is 0.971 bits per heavy atom. The van der Waals surface area contributed by atoms with Gasteiger partial charge in [-0.2, -0.15) is 0 Å². The molecule has 2 aliphatic rings. The Morgan fingerprint density at radius 2 is 1.66 bits per heavy atom. The molecule has 1 aromatic carbocycles. The van der Waals surface area contributed by atoms with Crippen molar-refractivity contribution < 1.29 is 18.4 Å². The van der Waals surface area contributed by atoms with Crippen molar-refractivity contribution in [1.82, 2.24) is 14.9 Å². The van der Waals surface area contributed by atoms with E-state index >= 15 is 0 Å². The van der Waals surface area contributed by atoms with Gasteiger partial charge in [0.1, 0.15) is 28.6 Å². The van der Waals surface area contributed by atoms with E-state index < -0.39 is 17.6 Å². The SMILES string of the molecule is Cc1sc2ncnc(N3CCC(C(=O)N4CCC(C(=O)c5cc(F)ccc5F)CC4)CC3)c2c1C. The summed E-state index contributed by atoms with van der Waals surface area (Å²) >= 11 is 1.68. The smallest absolute Gasteiger partial charge is 0.225 e. The molecule has 5 rings (SSSR count). The van der Waals surface area contributed by atoms with Crippen molar-refractivity contribution in [3.8, 4) is 0 Å². The lowest BCUT2D eigenvalue weighted by molar-refractivity contribution is -0.137. The summed E-state index contributed by atoms with van der Waals surface area (Å²) in [5.74, 6) is -1.07. The molecule has 2 saturated heterocycles. The highest BCUT2D eigenvalue weighted by atomic mass is 32.1. The number of aryl methyl sites for hydroxylation is 2. The number of likely N-dealkylation sites (tertiary alicyclic amines) is 1. The van der Waals surface area contributed by atoms with Crippen LogP contribution in [-0.2, 0) is 4.79 Å². The summed E-state index contributed by atoms with van der Waals surface area (Å²) in [6.07, 6.45) is 4.05. The maximum absolute atomic E-state index is 14.0. The number of ketones is 1. The molecule has 0 atom stereocenters. The van der Waals surface area contributed by atoms with E-state index in [0.29, 0.717) is 25.9 Å². The van der Waals surface area contributed by atoms with E-state index in [2.05, 4.69) is 28.7 Å². The van der Waals surface area contributed by atoms with E-state index in [-0.39, 0.29) is 23.2 Å². The fourth-order valence-corrected chi connectivity index (χ4v) is 6.26. The lowest BCUT2D eigenvalue weighted by atomic mass is 9.87. The number of amides is 1. The summed E-state index contributed by atoms with van der Waals surface area (Å²) in [6, 6.07) is 2.96. The summed E-state index contributed by atoms with van der Waals surface area (Å²) in [5.41, 5.74) is 1.02. The minimum Gasteiger partial charge on any atom is -0.356 e. The summed E-state index contributed by atoms with van der Waals surface area (Å²) in [6.45, 7) is 6.64. The van der Waals surface area contributed by atoms with E-state index in [1.54, 1.807) is 17.7 Å². The molecule has 0 unspecified atom stereocenters. The molecule has 2 aliphatic heterocycles. The fourth-order valence-electron chi connectivity index (χ4n) is 5.27. The zero-order valence-corrected chi connectivity index (χ0v) is 20.7. The van der Waals surface area contributed by atoms with E-state index in [9.17, 15) is 18.4 Å². The van der Waals surface area contributed by atoms with Gasteiger partial charge in [0, 0.05) is 42.9 Å². The van der Waals surface area contributed by atoms with Crippen molar-refractivity contribution in [3.63, 3.8) is 0 Å². The number of Topliss-reactive ketones (excluding diaryl/α,β-unsaturated/α-hetero) is 1. The number of hydrogen-bond acceptors (Lipinski definition) is 6. The third kappa shape index (κ3) is 4.53. The number of nitrogens with zero attached hydrogens (tertiary/aromatic N) is 4. The molecule has 0 aliphatic carbocycles. The average Bonchev–Trinajstić information content (AvgIpc) is 3.18. The normalized spacial score (nSPS) is 17.8. The van der Waals surface area contributed by atoms with Crippen LogP contribution in [0.25, 0.3) is 10.2 Å². The number of rotatable bonds is 4. The van der Waals surface area contributed by atoms with Crippen LogP contribution in [0.5, 0.6) is 0 Å². The Labute approximate surface area is 207 Å². The first-order valence-corrected chi connectivity index (χ1v) is 12.9. The van der Waals surface area contributed by atoms with E-state index in [4.69, 9.17) is 0 Å². The third-order valence-electron chi connectivity index (χ3n) is 7.46. The van der Waals surface area contributed by atoms with Crippen molar-refractivity contribution >= 4 is 39.1 Å².